The van der Waals surface area contributed by atoms with Crippen molar-refractivity contribution in [1.82, 2.24) is 4.98 Å². The summed E-state index contributed by atoms with van der Waals surface area (Å²) in [5, 5.41) is 6.28. The molecule has 1 aliphatic rings. The Balaban J connectivity index is 1.68. The SMILES string of the molecule is Cc1nc(Br)ccc1NC(=O)CC1CNc2ccccc21. The Labute approximate surface area is 132 Å². The van der Waals surface area contributed by atoms with Crippen LogP contribution in [0.3, 0.4) is 0 Å². The zero-order valence-electron chi connectivity index (χ0n) is 11.7. The minimum atomic E-state index is 0.0192. The summed E-state index contributed by atoms with van der Waals surface area (Å²) in [6.07, 6.45) is 0.472. The highest BCUT2D eigenvalue weighted by Crippen LogP contribution is 2.33. The quantitative estimate of drug-likeness (QED) is 0.834. The number of carbonyl (C=O) groups is 1. The van der Waals surface area contributed by atoms with Gasteiger partial charge >= 0.3 is 0 Å². The first-order valence-electron chi connectivity index (χ1n) is 6.89. The summed E-state index contributed by atoms with van der Waals surface area (Å²) < 4.78 is 0.770. The number of nitrogens with zero attached hydrogens (tertiary/aromatic N) is 1. The number of aromatic nitrogens is 1. The molecule has 0 saturated heterocycles. The topological polar surface area (TPSA) is 54.0 Å². The highest BCUT2D eigenvalue weighted by atomic mass is 79.9. The Morgan fingerprint density at radius 2 is 2.19 bits per heavy atom. The molecule has 2 N–H and O–H groups in total. The maximum atomic E-state index is 12.2. The van der Waals surface area contributed by atoms with E-state index in [2.05, 4.69) is 43.7 Å². The lowest BCUT2D eigenvalue weighted by molar-refractivity contribution is -0.116. The minimum Gasteiger partial charge on any atom is -0.384 e. The number of halogens is 1. The summed E-state index contributed by atoms with van der Waals surface area (Å²) in [7, 11) is 0. The molecule has 4 nitrogen and oxygen atoms in total. The van der Waals surface area contributed by atoms with E-state index in [1.54, 1.807) is 0 Å². The van der Waals surface area contributed by atoms with Crippen molar-refractivity contribution in [3.05, 3.63) is 52.3 Å². The van der Waals surface area contributed by atoms with Gasteiger partial charge in [-0.05, 0) is 46.6 Å². The van der Waals surface area contributed by atoms with Gasteiger partial charge in [-0.1, -0.05) is 18.2 Å². The molecule has 1 unspecified atom stereocenters. The van der Waals surface area contributed by atoms with Crippen LogP contribution in [-0.4, -0.2) is 17.4 Å². The Morgan fingerprint density at radius 3 is 3.00 bits per heavy atom. The first-order chi connectivity index (χ1) is 10.1. The van der Waals surface area contributed by atoms with E-state index in [0.29, 0.717) is 6.42 Å². The van der Waals surface area contributed by atoms with Crippen LogP contribution >= 0.6 is 15.9 Å². The van der Waals surface area contributed by atoms with Gasteiger partial charge < -0.3 is 10.6 Å². The number of fused-ring (bicyclic) bond motifs is 1. The summed E-state index contributed by atoms with van der Waals surface area (Å²) >= 11 is 3.32. The third-order valence-corrected chi connectivity index (χ3v) is 4.14. The smallest absolute Gasteiger partial charge is 0.225 e. The molecule has 2 aromatic rings. The summed E-state index contributed by atoms with van der Waals surface area (Å²) in [4.78, 5) is 16.5. The molecular formula is C16H16BrN3O. The number of benzene rings is 1. The molecule has 0 bridgehead atoms. The number of hydrogen-bond donors (Lipinski definition) is 2. The largest absolute Gasteiger partial charge is 0.384 e. The molecule has 0 spiro atoms. The minimum absolute atomic E-state index is 0.0192. The number of nitrogens with one attached hydrogen (secondary N) is 2. The summed E-state index contributed by atoms with van der Waals surface area (Å²) in [5.74, 6) is 0.246. The zero-order chi connectivity index (χ0) is 14.8. The fourth-order valence-corrected chi connectivity index (χ4v) is 3.02. The van der Waals surface area contributed by atoms with Crippen molar-refractivity contribution in [3.63, 3.8) is 0 Å². The van der Waals surface area contributed by atoms with Crippen LogP contribution in [0.25, 0.3) is 0 Å². The molecular weight excluding hydrogens is 330 g/mol. The van der Waals surface area contributed by atoms with Gasteiger partial charge in [0.25, 0.3) is 0 Å². The molecule has 0 fully saturated rings. The summed E-state index contributed by atoms with van der Waals surface area (Å²) in [6.45, 7) is 2.69. The first-order valence-corrected chi connectivity index (χ1v) is 7.68. The lowest BCUT2D eigenvalue weighted by Gasteiger charge is -2.12. The number of carbonyl (C=O) groups excluding carboxylic acids is 1. The second-order valence-electron chi connectivity index (χ2n) is 5.18. The fourth-order valence-electron chi connectivity index (χ4n) is 2.63. The maximum absolute atomic E-state index is 12.2. The van der Waals surface area contributed by atoms with Gasteiger partial charge in [0.05, 0.1) is 11.4 Å². The van der Waals surface area contributed by atoms with Gasteiger partial charge in [0.1, 0.15) is 4.60 Å². The predicted octanol–water partition coefficient (Wildman–Crippen LogP) is 3.69. The van der Waals surface area contributed by atoms with E-state index in [0.717, 1.165) is 28.2 Å². The normalized spacial score (nSPS) is 16.2. The number of amides is 1. The average Bonchev–Trinajstić information content (AvgIpc) is 2.85. The Hall–Kier alpha value is -1.88. The van der Waals surface area contributed by atoms with Gasteiger partial charge in [0.2, 0.25) is 5.91 Å². The van der Waals surface area contributed by atoms with E-state index in [-0.39, 0.29) is 11.8 Å². The van der Waals surface area contributed by atoms with Crippen LogP contribution in [0.15, 0.2) is 41.0 Å². The molecule has 0 aliphatic carbocycles. The molecule has 1 amide bonds. The number of para-hydroxylation sites is 1. The van der Waals surface area contributed by atoms with Crippen LogP contribution in [0.1, 0.15) is 23.6 Å². The molecule has 0 radical (unpaired) electrons. The molecule has 5 heteroatoms. The van der Waals surface area contributed by atoms with E-state index >= 15 is 0 Å². The van der Waals surface area contributed by atoms with Crippen LogP contribution in [0.2, 0.25) is 0 Å². The molecule has 108 valence electrons. The van der Waals surface area contributed by atoms with Gasteiger partial charge in [0, 0.05) is 24.6 Å². The van der Waals surface area contributed by atoms with Crippen molar-refractivity contribution < 1.29 is 4.79 Å². The highest BCUT2D eigenvalue weighted by molar-refractivity contribution is 9.10. The maximum Gasteiger partial charge on any atom is 0.225 e. The van der Waals surface area contributed by atoms with Crippen molar-refractivity contribution in [2.45, 2.75) is 19.3 Å². The molecule has 1 atom stereocenters. The van der Waals surface area contributed by atoms with Crippen LogP contribution < -0.4 is 10.6 Å². The van der Waals surface area contributed by atoms with Crippen LogP contribution in [0.5, 0.6) is 0 Å². The third-order valence-electron chi connectivity index (χ3n) is 3.70. The van der Waals surface area contributed by atoms with E-state index in [1.165, 1.54) is 5.56 Å². The average molecular weight is 346 g/mol. The standard InChI is InChI=1S/C16H16BrN3O/c1-10-13(6-7-15(17)19-10)20-16(21)8-11-9-18-14-5-3-2-4-12(11)14/h2-7,11,18H,8-9H2,1H3,(H,20,21). The van der Waals surface area contributed by atoms with Crippen LogP contribution in [0.4, 0.5) is 11.4 Å². The van der Waals surface area contributed by atoms with Crippen molar-refractivity contribution in [3.8, 4) is 0 Å². The van der Waals surface area contributed by atoms with Gasteiger partial charge in [0.15, 0.2) is 0 Å². The van der Waals surface area contributed by atoms with Gasteiger partial charge in [-0.25, -0.2) is 4.98 Å². The number of pyridine rings is 1. The highest BCUT2D eigenvalue weighted by Gasteiger charge is 2.24. The summed E-state index contributed by atoms with van der Waals surface area (Å²) in [5.41, 5.74) is 3.93. The van der Waals surface area contributed by atoms with E-state index in [1.807, 2.05) is 31.2 Å². The lowest BCUT2D eigenvalue weighted by Crippen LogP contribution is -2.17. The Morgan fingerprint density at radius 1 is 1.38 bits per heavy atom. The van der Waals surface area contributed by atoms with E-state index in [9.17, 15) is 4.79 Å². The Bertz CT molecular complexity index is 687. The number of hydrogen-bond acceptors (Lipinski definition) is 3. The molecule has 21 heavy (non-hydrogen) atoms. The molecule has 1 aromatic carbocycles. The second-order valence-corrected chi connectivity index (χ2v) is 6.00. The second kappa shape index (κ2) is 5.85. The molecule has 3 rings (SSSR count). The molecule has 1 aliphatic heterocycles. The lowest BCUT2D eigenvalue weighted by atomic mass is 9.97. The predicted molar refractivity (Wildman–Crippen MR) is 87.6 cm³/mol. The monoisotopic (exact) mass is 345 g/mol. The van der Waals surface area contributed by atoms with E-state index in [4.69, 9.17) is 0 Å². The van der Waals surface area contributed by atoms with E-state index < -0.39 is 0 Å². The van der Waals surface area contributed by atoms with Crippen molar-refractivity contribution in [2.24, 2.45) is 0 Å². The fraction of sp³-hybridized carbons (Fsp3) is 0.250. The molecule has 2 heterocycles. The van der Waals surface area contributed by atoms with Crippen molar-refractivity contribution in [2.75, 3.05) is 17.2 Å². The first kappa shape index (κ1) is 14.1. The molecule has 1 aromatic heterocycles. The third kappa shape index (κ3) is 3.08. The van der Waals surface area contributed by atoms with Crippen LogP contribution in [0, 0.1) is 6.92 Å². The van der Waals surface area contributed by atoms with Crippen molar-refractivity contribution in [1.29, 1.82) is 0 Å². The van der Waals surface area contributed by atoms with Crippen molar-refractivity contribution >= 4 is 33.2 Å². The summed E-state index contributed by atoms with van der Waals surface area (Å²) in [6, 6.07) is 11.8. The number of rotatable bonds is 3. The van der Waals surface area contributed by atoms with Crippen LogP contribution in [-0.2, 0) is 4.79 Å². The molecule has 0 saturated carbocycles. The van der Waals surface area contributed by atoms with Gasteiger partial charge in [-0.3, -0.25) is 4.79 Å². The zero-order valence-corrected chi connectivity index (χ0v) is 13.3. The number of aryl methyl sites for hydroxylation is 1. The van der Waals surface area contributed by atoms with Gasteiger partial charge in [-0.2, -0.15) is 0 Å². The number of anilines is 2. The Kier molecular flexibility index (Phi) is 3.92. The van der Waals surface area contributed by atoms with Gasteiger partial charge in [-0.15, -0.1) is 0 Å².